The van der Waals surface area contributed by atoms with Crippen LogP contribution in [-0.2, 0) is 11.2 Å². The number of nitrogens with zero attached hydrogens (tertiary/aromatic N) is 3. The molecule has 0 saturated carbocycles. The second kappa shape index (κ2) is 6.82. The minimum atomic E-state index is 0.00108. The van der Waals surface area contributed by atoms with Crippen LogP contribution in [0.1, 0.15) is 44.9 Å². The SMILES string of the molecule is CCCc1nc([C@@H]2CN(CC=C(C)C)CCO2)n[nH]1. The summed E-state index contributed by atoms with van der Waals surface area (Å²) in [6.45, 7) is 9.97. The summed E-state index contributed by atoms with van der Waals surface area (Å²) in [5, 5.41) is 7.28. The van der Waals surface area contributed by atoms with Gasteiger partial charge in [-0.15, -0.1) is 0 Å². The Morgan fingerprint density at radius 2 is 2.37 bits per heavy atom. The highest BCUT2D eigenvalue weighted by molar-refractivity contribution is 4.99. The van der Waals surface area contributed by atoms with Gasteiger partial charge in [-0.3, -0.25) is 10.00 Å². The van der Waals surface area contributed by atoms with Gasteiger partial charge in [0.05, 0.1) is 6.61 Å². The molecule has 1 saturated heterocycles. The van der Waals surface area contributed by atoms with Crippen molar-refractivity contribution in [3.8, 4) is 0 Å². The van der Waals surface area contributed by atoms with Gasteiger partial charge in [0.2, 0.25) is 0 Å². The summed E-state index contributed by atoms with van der Waals surface area (Å²) in [6, 6.07) is 0. The van der Waals surface area contributed by atoms with Crippen molar-refractivity contribution >= 4 is 0 Å². The molecular weight excluding hydrogens is 240 g/mol. The molecule has 0 amide bonds. The fourth-order valence-electron chi connectivity index (χ4n) is 2.14. The van der Waals surface area contributed by atoms with Crippen molar-refractivity contribution < 1.29 is 4.74 Å². The van der Waals surface area contributed by atoms with E-state index in [0.717, 1.165) is 50.7 Å². The molecule has 0 radical (unpaired) electrons. The van der Waals surface area contributed by atoms with Crippen LogP contribution in [-0.4, -0.2) is 46.3 Å². The highest BCUT2D eigenvalue weighted by atomic mass is 16.5. The molecule has 2 rings (SSSR count). The van der Waals surface area contributed by atoms with Gasteiger partial charge in [0.15, 0.2) is 5.82 Å². The van der Waals surface area contributed by atoms with E-state index >= 15 is 0 Å². The van der Waals surface area contributed by atoms with Crippen LogP contribution in [0, 0.1) is 0 Å². The molecule has 2 heterocycles. The molecule has 1 aromatic heterocycles. The molecule has 0 spiro atoms. The van der Waals surface area contributed by atoms with Crippen molar-refractivity contribution in [1.82, 2.24) is 20.1 Å². The average Bonchev–Trinajstić information content (AvgIpc) is 2.86. The Morgan fingerprint density at radius 3 is 3.11 bits per heavy atom. The molecule has 0 aromatic carbocycles. The monoisotopic (exact) mass is 264 g/mol. The Bertz CT molecular complexity index is 423. The van der Waals surface area contributed by atoms with Crippen LogP contribution in [0.15, 0.2) is 11.6 Å². The lowest BCUT2D eigenvalue weighted by Gasteiger charge is -2.30. The first kappa shape index (κ1) is 14.2. The van der Waals surface area contributed by atoms with Crippen LogP contribution in [0.2, 0.25) is 0 Å². The molecule has 1 fully saturated rings. The van der Waals surface area contributed by atoms with Gasteiger partial charge in [-0.2, -0.15) is 5.10 Å². The summed E-state index contributed by atoms with van der Waals surface area (Å²) < 4.78 is 5.79. The lowest BCUT2D eigenvalue weighted by atomic mass is 10.2. The van der Waals surface area contributed by atoms with E-state index < -0.39 is 0 Å². The summed E-state index contributed by atoms with van der Waals surface area (Å²) in [4.78, 5) is 6.91. The molecule has 0 unspecified atom stereocenters. The second-order valence-electron chi connectivity index (χ2n) is 5.29. The summed E-state index contributed by atoms with van der Waals surface area (Å²) in [7, 11) is 0. The molecule has 5 nitrogen and oxygen atoms in total. The Balaban J connectivity index is 1.94. The van der Waals surface area contributed by atoms with Gasteiger partial charge >= 0.3 is 0 Å². The van der Waals surface area contributed by atoms with Crippen molar-refractivity contribution in [3.63, 3.8) is 0 Å². The minimum Gasteiger partial charge on any atom is -0.367 e. The normalized spacial score (nSPS) is 20.5. The molecule has 19 heavy (non-hydrogen) atoms. The van der Waals surface area contributed by atoms with E-state index in [4.69, 9.17) is 4.74 Å². The second-order valence-corrected chi connectivity index (χ2v) is 5.29. The molecule has 0 bridgehead atoms. The standard InChI is InChI=1S/C14H24N4O/c1-4-5-13-15-14(17-16-13)12-10-18(8-9-19-12)7-6-11(2)3/h6,12H,4-5,7-10H2,1-3H3,(H,15,16,17)/t12-/m0/s1. The number of H-pyrrole nitrogens is 1. The first-order valence-electron chi connectivity index (χ1n) is 7.07. The van der Waals surface area contributed by atoms with E-state index in [2.05, 4.69) is 46.9 Å². The van der Waals surface area contributed by atoms with Gasteiger partial charge in [0.25, 0.3) is 0 Å². The van der Waals surface area contributed by atoms with Crippen LogP contribution in [0.5, 0.6) is 0 Å². The third kappa shape index (κ3) is 4.14. The van der Waals surface area contributed by atoms with Crippen LogP contribution in [0.4, 0.5) is 0 Å². The number of aryl methyl sites for hydroxylation is 1. The van der Waals surface area contributed by atoms with E-state index in [1.165, 1.54) is 5.57 Å². The lowest BCUT2D eigenvalue weighted by molar-refractivity contribution is -0.0304. The quantitative estimate of drug-likeness (QED) is 0.827. The van der Waals surface area contributed by atoms with Gasteiger partial charge in [-0.25, -0.2) is 4.98 Å². The summed E-state index contributed by atoms with van der Waals surface area (Å²) >= 11 is 0. The van der Waals surface area contributed by atoms with Crippen LogP contribution in [0.3, 0.4) is 0 Å². The predicted molar refractivity (Wildman–Crippen MR) is 74.9 cm³/mol. The van der Waals surface area contributed by atoms with Crippen LogP contribution in [0.25, 0.3) is 0 Å². The molecule has 5 heteroatoms. The van der Waals surface area contributed by atoms with E-state index in [1.54, 1.807) is 0 Å². The number of hydrogen-bond acceptors (Lipinski definition) is 4. The van der Waals surface area contributed by atoms with E-state index in [9.17, 15) is 0 Å². The maximum absolute atomic E-state index is 5.79. The first-order chi connectivity index (χ1) is 9.19. The summed E-state index contributed by atoms with van der Waals surface area (Å²) in [6.07, 6.45) is 4.28. The molecule has 0 aliphatic carbocycles. The zero-order valence-electron chi connectivity index (χ0n) is 12.1. The van der Waals surface area contributed by atoms with Crippen molar-refractivity contribution in [2.75, 3.05) is 26.2 Å². The summed E-state index contributed by atoms with van der Waals surface area (Å²) in [5.41, 5.74) is 1.35. The number of allylic oxidation sites excluding steroid dienone is 1. The fraction of sp³-hybridized carbons (Fsp3) is 0.714. The number of aromatic nitrogens is 3. The third-order valence-corrected chi connectivity index (χ3v) is 3.23. The minimum absolute atomic E-state index is 0.00108. The highest BCUT2D eigenvalue weighted by Crippen LogP contribution is 2.19. The van der Waals surface area contributed by atoms with Crippen molar-refractivity contribution in [1.29, 1.82) is 0 Å². The molecule has 1 atom stereocenters. The Morgan fingerprint density at radius 1 is 1.53 bits per heavy atom. The molecule has 1 aromatic rings. The number of ether oxygens (including phenoxy) is 1. The smallest absolute Gasteiger partial charge is 0.180 e. The van der Waals surface area contributed by atoms with Gasteiger partial charge in [0.1, 0.15) is 11.9 Å². The Labute approximate surface area is 115 Å². The van der Waals surface area contributed by atoms with Crippen LogP contribution < -0.4 is 0 Å². The number of rotatable bonds is 5. The van der Waals surface area contributed by atoms with Gasteiger partial charge in [0, 0.05) is 26.1 Å². The lowest BCUT2D eigenvalue weighted by Crippen LogP contribution is -2.38. The van der Waals surface area contributed by atoms with E-state index in [0.29, 0.717) is 0 Å². The zero-order chi connectivity index (χ0) is 13.7. The van der Waals surface area contributed by atoms with Gasteiger partial charge < -0.3 is 4.74 Å². The molecular formula is C14H24N4O. The van der Waals surface area contributed by atoms with Crippen LogP contribution >= 0.6 is 0 Å². The number of hydrogen-bond donors (Lipinski definition) is 1. The first-order valence-corrected chi connectivity index (χ1v) is 7.07. The fourth-order valence-corrected chi connectivity index (χ4v) is 2.14. The maximum atomic E-state index is 5.79. The number of nitrogens with one attached hydrogen (secondary N) is 1. The van der Waals surface area contributed by atoms with E-state index in [-0.39, 0.29) is 6.10 Å². The number of morpholine rings is 1. The average molecular weight is 264 g/mol. The largest absolute Gasteiger partial charge is 0.367 e. The van der Waals surface area contributed by atoms with Crippen molar-refractivity contribution in [3.05, 3.63) is 23.3 Å². The zero-order valence-corrected chi connectivity index (χ0v) is 12.1. The predicted octanol–water partition coefficient (Wildman–Crippen LogP) is 2.10. The van der Waals surface area contributed by atoms with E-state index in [1.807, 2.05) is 0 Å². The maximum Gasteiger partial charge on any atom is 0.180 e. The highest BCUT2D eigenvalue weighted by Gasteiger charge is 2.24. The third-order valence-electron chi connectivity index (χ3n) is 3.23. The molecule has 1 N–H and O–H groups in total. The summed E-state index contributed by atoms with van der Waals surface area (Å²) in [5.74, 6) is 1.76. The number of aromatic amines is 1. The van der Waals surface area contributed by atoms with Gasteiger partial charge in [-0.05, 0) is 20.3 Å². The molecule has 106 valence electrons. The Hall–Kier alpha value is -1.20. The topological polar surface area (TPSA) is 54.0 Å². The Kier molecular flexibility index (Phi) is 5.10. The van der Waals surface area contributed by atoms with Gasteiger partial charge in [-0.1, -0.05) is 18.6 Å². The van der Waals surface area contributed by atoms with Crippen molar-refractivity contribution in [2.24, 2.45) is 0 Å². The van der Waals surface area contributed by atoms with Crippen molar-refractivity contribution in [2.45, 2.75) is 39.7 Å². The molecule has 1 aliphatic heterocycles. The molecule has 1 aliphatic rings.